The highest BCUT2D eigenvalue weighted by Crippen LogP contribution is 2.72. The van der Waals surface area contributed by atoms with Crippen molar-refractivity contribution >= 4 is 17.3 Å². The van der Waals surface area contributed by atoms with Crippen LogP contribution in [0.2, 0.25) is 0 Å². The molecule has 0 radical (unpaired) electrons. The van der Waals surface area contributed by atoms with Gasteiger partial charge in [-0.05, 0) is 56.3 Å². The van der Waals surface area contributed by atoms with Crippen molar-refractivity contribution < 1.29 is 19.5 Å². The molecule has 0 saturated heterocycles. The molecule has 160 valence electrons. The van der Waals surface area contributed by atoms with Gasteiger partial charge in [-0.15, -0.1) is 0 Å². The minimum Gasteiger partial charge on any atom is -0.510 e. The van der Waals surface area contributed by atoms with Crippen LogP contribution < -0.4 is 0 Å². The van der Waals surface area contributed by atoms with Gasteiger partial charge in [0.15, 0.2) is 17.3 Å². The van der Waals surface area contributed by atoms with E-state index in [9.17, 15) is 19.5 Å². The molecule has 0 aromatic carbocycles. The van der Waals surface area contributed by atoms with Crippen LogP contribution in [0.25, 0.3) is 0 Å². The average molecular weight is 401 g/mol. The summed E-state index contributed by atoms with van der Waals surface area (Å²) < 4.78 is 0. The van der Waals surface area contributed by atoms with Gasteiger partial charge in [0.25, 0.3) is 0 Å². The van der Waals surface area contributed by atoms with Crippen LogP contribution in [-0.2, 0) is 14.4 Å². The number of Topliss-reactive ketones (excluding diaryl/α,β-unsaturated/α-hetero) is 3. The Balaban J connectivity index is 2.29. The van der Waals surface area contributed by atoms with E-state index in [4.69, 9.17) is 0 Å². The van der Waals surface area contributed by atoms with Crippen LogP contribution in [0.4, 0.5) is 0 Å². The summed E-state index contributed by atoms with van der Waals surface area (Å²) in [4.78, 5) is 40.8. The Morgan fingerprint density at radius 1 is 1.14 bits per heavy atom. The van der Waals surface area contributed by atoms with Gasteiger partial charge in [-0.3, -0.25) is 14.4 Å². The molecule has 2 fully saturated rings. The summed E-state index contributed by atoms with van der Waals surface area (Å²) in [7, 11) is 0. The van der Waals surface area contributed by atoms with Crippen molar-refractivity contribution in [3.05, 3.63) is 23.0 Å². The molecular weight excluding hydrogens is 364 g/mol. The van der Waals surface area contributed by atoms with Crippen LogP contribution in [0.5, 0.6) is 0 Å². The van der Waals surface area contributed by atoms with E-state index in [1.54, 1.807) is 13.8 Å². The molecule has 4 atom stereocenters. The second-order valence-electron chi connectivity index (χ2n) is 11.1. The van der Waals surface area contributed by atoms with Gasteiger partial charge in [0.1, 0.15) is 11.3 Å². The Kier molecular flexibility index (Phi) is 5.04. The molecule has 4 heteroatoms. The summed E-state index contributed by atoms with van der Waals surface area (Å²) in [6.45, 7) is 16.0. The number of hydrogen-bond acceptors (Lipinski definition) is 4. The molecule has 0 heterocycles. The van der Waals surface area contributed by atoms with Gasteiger partial charge < -0.3 is 5.11 Å². The lowest BCUT2D eigenvalue weighted by molar-refractivity contribution is -0.145. The van der Waals surface area contributed by atoms with Crippen LogP contribution in [0.3, 0.4) is 0 Å². The number of fused-ring (bicyclic) bond motifs is 1. The fraction of sp³-hybridized carbons (Fsp3) is 0.720. The quantitative estimate of drug-likeness (QED) is 0.390. The molecule has 29 heavy (non-hydrogen) atoms. The summed E-state index contributed by atoms with van der Waals surface area (Å²) in [5.41, 5.74) is -1.57. The van der Waals surface area contributed by atoms with Gasteiger partial charge in [0.2, 0.25) is 0 Å². The Bertz CT molecular complexity index is 837. The number of aliphatic hydroxyl groups excluding tert-OH is 1. The van der Waals surface area contributed by atoms with Crippen molar-refractivity contribution in [2.24, 2.45) is 39.9 Å². The lowest BCUT2D eigenvalue weighted by Gasteiger charge is -2.38. The first-order valence-corrected chi connectivity index (χ1v) is 11.0. The SMILES string of the molecule is CC(C)=CCC12CC3C(C[C@@H](C(C)C)C3(C)C)(C(=O)C(C(=O)C(C)C)=C1O)C2=O. The van der Waals surface area contributed by atoms with Gasteiger partial charge >= 0.3 is 0 Å². The molecule has 0 aliphatic heterocycles. The molecule has 3 aliphatic carbocycles. The fourth-order valence-electron chi connectivity index (χ4n) is 6.59. The second-order valence-corrected chi connectivity index (χ2v) is 11.1. The fourth-order valence-corrected chi connectivity index (χ4v) is 6.59. The number of carbonyl (C=O) groups excluding carboxylic acids is 3. The molecule has 3 aliphatic rings. The maximum absolute atomic E-state index is 14.0. The van der Waals surface area contributed by atoms with Crippen LogP contribution in [0.1, 0.15) is 74.7 Å². The Morgan fingerprint density at radius 3 is 2.21 bits per heavy atom. The van der Waals surface area contributed by atoms with Gasteiger partial charge in [0.05, 0.1) is 10.8 Å². The number of aliphatic hydroxyl groups is 1. The number of carbonyl (C=O) groups is 3. The Morgan fingerprint density at radius 2 is 1.72 bits per heavy atom. The number of rotatable bonds is 5. The monoisotopic (exact) mass is 400 g/mol. The third-order valence-corrected chi connectivity index (χ3v) is 8.14. The van der Waals surface area contributed by atoms with Crippen LogP contribution in [-0.4, -0.2) is 22.5 Å². The highest BCUT2D eigenvalue weighted by atomic mass is 16.3. The lowest BCUT2D eigenvalue weighted by Crippen LogP contribution is -2.50. The molecule has 4 nitrogen and oxygen atoms in total. The lowest BCUT2D eigenvalue weighted by atomic mass is 9.62. The molecular formula is C25H36O4. The number of allylic oxidation sites excluding steroid dienone is 4. The zero-order chi connectivity index (χ0) is 22.1. The maximum Gasteiger partial charge on any atom is 0.183 e. The van der Waals surface area contributed by atoms with E-state index in [0.29, 0.717) is 25.2 Å². The molecule has 3 rings (SSSR count). The normalized spacial score (nSPS) is 35.5. The molecule has 2 bridgehead atoms. The Hall–Kier alpha value is -1.71. The summed E-state index contributed by atoms with van der Waals surface area (Å²) in [5.74, 6) is -1.18. The molecule has 0 amide bonds. The zero-order valence-electron chi connectivity index (χ0n) is 19.2. The summed E-state index contributed by atoms with van der Waals surface area (Å²) in [6, 6.07) is 0. The number of ketones is 3. The van der Waals surface area contributed by atoms with Crippen molar-refractivity contribution in [3.63, 3.8) is 0 Å². The van der Waals surface area contributed by atoms with Gasteiger partial charge in [0, 0.05) is 5.92 Å². The molecule has 2 saturated carbocycles. The first-order valence-electron chi connectivity index (χ1n) is 11.0. The van der Waals surface area contributed by atoms with Crippen molar-refractivity contribution in [3.8, 4) is 0 Å². The predicted molar refractivity (Wildman–Crippen MR) is 113 cm³/mol. The van der Waals surface area contributed by atoms with E-state index in [1.807, 2.05) is 19.9 Å². The van der Waals surface area contributed by atoms with E-state index in [2.05, 4.69) is 27.7 Å². The minimum absolute atomic E-state index is 0.0931. The molecule has 1 N–H and O–H groups in total. The smallest absolute Gasteiger partial charge is 0.183 e. The van der Waals surface area contributed by atoms with Crippen molar-refractivity contribution in [2.45, 2.75) is 74.7 Å². The predicted octanol–water partition coefficient (Wildman–Crippen LogP) is 5.23. The van der Waals surface area contributed by atoms with Crippen LogP contribution in [0.15, 0.2) is 23.0 Å². The first-order chi connectivity index (χ1) is 13.2. The van der Waals surface area contributed by atoms with E-state index in [0.717, 1.165) is 5.57 Å². The van der Waals surface area contributed by atoms with E-state index >= 15 is 0 Å². The van der Waals surface area contributed by atoms with Gasteiger partial charge in [-0.1, -0.05) is 53.2 Å². The van der Waals surface area contributed by atoms with Crippen molar-refractivity contribution in [1.82, 2.24) is 0 Å². The largest absolute Gasteiger partial charge is 0.510 e. The highest BCUT2D eigenvalue weighted by Gasteiger charge is 2.77. The van der Waals surface area contributed by atoms with E-state index in [1.165, 1.54) is 0 Å². The highest BCUT2D eigenvalue weighted by molar-refractivity contribution is 6.32. The van der Waals surface area contributed by atoms with Crippen molar-refractivity contribution in [2.75, 3.05) is 0 Å². The van der Waals surface area contributed by atoms with E-state index in [-0.39, 0.29) is 40.1 Å². The molecule has 0 aromatic heterocycles. The average Bonchev–Trinajstić information content (AvgIpc) is 2.97. The third kappa shape index (κ3) is 2.67. The molecule has 1 spiro atoms. The summed E-state index contributed by atoms with van der Waals surface area (Å²) in [5, 5.41) is 11.3. The topological polar surface area (TPSA) is 71.4 Å². The first kappa shape index (κ1) is 22.0. The van der Waals surface area contributed by atoms with Crippen LogP contribution >= 0.6 is 0 Å². The van der Waals surface area contributed by atoms with Crippen molar-refractivity contribution in [1.29, 1.82) is 0 Å². The Labute approximate surface area is 174 Å². The van der Waals surface area contributed by atoms with E-state index < -0.39 is 22.5 Å². The van der Waals surface area contributed by atoms with Gasteiger partial charge in [-0.2, -0.15) is 0 Å². The molecule has 0 aromatic rings. The number of hydrogen-bond donors (Lipinski definition) is 1. The summed E-state index contributed by atoms with van der Waals surface area (Å²) in [6.07, 6.45) is 3.24. The minimum atomic E-state index is -1.17. The third-order valence-electron chi connectivity index (χ3n) is 8.14. The second kappa shape index (κ2) is 6.65. The maximum atomic E-state index is 14.0. The van der Waals surface area contributed by atoms with Crippen LogP contribution in [0, 0.1) is 39.9 Å². The standard InChI is InChI=1S/C25H36O4/c1-13(2)9-10-24-12-17-23(7,8)16(14(3)4)11-25(17,22(24)29)21(28)18(20(24)27)19(26)15(5)6/h9,14-17,27H,10-12H2,1-8H3/t16-,17?,24?,25?/m0/s1. The zero-order valence-corrected chi connectivity index (χ0v) is 19.2. The summed E-state index contributed by atoms with van der Waals surface area (Å²) >= 11 is 0. The van der Waals surface area contributed by atoms with Gasteiger partial charge in [-0.25, -0.2) is 0 Å². The molecule has 3 unspecified atom stereocenters.